The van der Waals surface area contributed by atoms with Gasteiger partial charge in [0, 0.05) is 30.4 Å². The van der Waals surface area contributed by atoms with Crippen molar-refractivity contribution < 1.29 is 31.9 Å². The van der Waals surface area contributed by atoms with Gasteiger partial charge in [-0.3, -0.25) is 0 Å². The van der Waals surface area contributed by atoms with Crippen LogP contribution in [0.5, 0.6) is 0 Å². The van der Waals surface area contributed by atoms with Gasteiger partial charge in [0.05, 0.1) is 23.7 Å². The van der Waals surface area contributed by atoms with Crippen LogP contribution in [0.3, 0.4) is 0 Å². The third-order valence-electron chi connectivity index (χ3n) is 1.53. The Kier molecular flexibility index (Phi) is 11.6. The van der Waals surface area contributed by atoms with E-state index < -0.39 is 12.6 Å². The zero-order chi connectivity index (χ0) is 10.4. The van der Waals surface area contributed by atoms with Gasteiger partial charge >= 0.3 is 0 Å². The van der Waals surface area contributed by atoms with E-state index in [0.29, 0.717) is 0 Å². The Morgan fingerprint density at radius 1 is 0.786 bits per heavy atom. The van der Waals surface area contributed by atoms with E-state index in [1.165, 1.54) is 0 Å². The first-order chi connectivity index (χ1) is 6.02. The van der Waals surface area contributed by atoms with Crippen LogP contribution in [0.25, 0.3) is 0 Å². The monoisotopic (exact) mass is 281 g/mol. The molecule has 0 saturated carbocycles. The molecule has 0 aliphatic heterocycles. The van der Waals surface area contributed by atoms with Gasteiger partial charge in [0.25, 0.3) is 0 Å². The van der Waals surface area contributed by atoms with Crippen molar-refractivity contribution in [3.05, 3.63) is 0 Å². The summed E-state index contributed by atoms with van der Waals surface area (Å²) < 4.78 is 14.6. The first kappa shape index (κ1) is 17.4. The minimum Gasteiger partial charge on any atom is -0.320 e. The van der Waals surface area contributed by atoms with Crippen molar-refractivity contribution in [3.8, 4) is 0 Å². The molecule has 2 unspecified atom stereocenters. The van der Waals surface area contributed by atoms with Crippen LogP contribution >= 0.6 is 23.7 Å². The van der Waals surface area contributed by atoms with E-state index in [9.17, 15) is 0 Å². The predicted molar refractivity (Wildman–Crippen MR) is 52.2 cm³/mol. The fraction of sp³-hybridized carbons (Fsp3) is 1.00. The second-order valence-electron chi connectivity index (χ2n) is 3.54. The molecule has 6 heteroatoms. The molecule has 0 spiro atoms. The third kappa shape index (κ3) is 6.51. The summed E-state index contributed by atoms with van der Waals surface area (Å²) in [6.07, 6.45) is -1.01. The predicted octanol–water partition coefficient (Wildman–Crippen LogP) is 3.31. The minimum atomic E-state index is -0.507. The minimum absolute atomic E-state index is 0. The Balaban J connectivity index is 0. The summed E-state index contributed by atoms with van der Waals surface area (Å²) in [5.41, 5.74) is 0. The summed E-state index contributed by atoms with van der Waals surface area (Å²) in [5.74, 6) is 0.288. The average Bonchev–Trinajstić information content (AvgIpc) is 2.05. The normalized spacial score (nSPS) is 15.4. The first-order valence-corrected chi connectivity index (χ1v) is 4.84. The fourth-order valence-corrected chi connectivity index (χ4v) is 1.19. The average molecular weight is 282 g/mol. The molecule has 0 rings (SSSR count). The smallest absolute Gasteiger partial charge is 0.182 e. The van der Waals surface area contributed by atoms with Crippen molar-refractivity contribution in [1.82, 2.24) is 0 Å². The summed E-state index contributed by atoms with van der Waals surface area (Å²) in [7, 11) is 0. The molecule has 0 aromatic rings. The van der Waals surface area contributed by atoms with Gasteiger partial charge in [-0.2, -0.15) is 0 Å². The van der Waals surface area contributed by atoms with Crippen LogP contribution in [0, 0.1) is 11.8 Å². The molecule has 0 bridgehead atoms. The van der Waals surface area contributed by atoms with Crippen molar-refractivity contribution in [2.24, 2.45) is 11.8 Å². The Hall–Kier alpha value is 1.04. The second kappa shape index (κ2) is 9.28. The SMILES string of the molecule is CC(C)C(OCl)OC(OCl)C(C)C.[V]. The second-order valence-corrected chi connectivity index (χ2v) is 3.90. The van der Waals surface area contributed by atoms with Crippen molar-refractivity contribution in [2.75, 3.05) is 0 Å². The van der Waals surface area contributed by atoms with Gasteiger partial charge in [-0.1, -0.05) is 27.7 Å². The fourth-order valence-electron chi connectivity index (χ4n) is 0.694. The van der Waals surface area contributed by atoms with E-state index in [4.69, 9.17) is 28.5 Å². The molecule has 0 fully saturated rings. The summed E-state index contributed by atoms with van der Waals surface area (Å²) in [5, 5.41) is 0. The van der Waals surface area contributed by atoms with E-state index >= 15 is 0 Å². The van der Waals surface area contributed by atoms with Crippen molar-refractivity contribution in [3.63, 3.8) is 0 Å². The quantitative estimate of drug-likeness (QED) is 0.699. The van der Waals surface area contributed by atoms with Gasteiger partial charge in [-0.05, 0) is 0 Å². The number of rotatable bonds is 6. The molecule has 85 valence electrons. The van der Waals surface area contributed by atoms with E-state index in [1.807, 2.05) is 27.7 Å². The molecule has 2 atom stereocenters. The molecule has 0 aliphatic rings. The van der Waals surface area contributed by atoms with E-state index in [-0.39, 0.29) is 30.4 Å². The topological polar surface area (TPSA) is 27.7 Å². The van der Waals surface area contributed by atoms with Crippen molar-refractivity contribution in [2.45, 2.75) is 40.3 Å². The zero-order valence-corrected chi connectivity index (χ0v) is 11.6. The van der Waals surface area contributed by atoms with Crippen LogP contribution in [-0.4, -0.2) is 12.6 Å². The maximum Gasteiger partial charge on any atom is 0.182 e. The van der Waals surface area contributed by atoms with Crippen LogP contribution in [0.4, 0.5) is 0 Å². The number of hydrogen-bond donors (Lipinski definition) is 0. The molecule has 0 aromatic carbocycles. The van der Waals surface area contributed by atoms with Crippen molar-refractivity contribution >= 4 is 23.7 Å². The summed E-state index contributed by atoms with van der Waals surface area (Å²) in [4.78, 5) is 0. The van der Waals surface area contributed by atoms with Crippen LogP contribution in [-0.2, 0) is 31.9 Å². The summed E-state index contributed by atoms with van der Waals surface area (Å²) >= 11 is 10.5. The number of ether oxygens (including phenoxy) is 1. The third-order valence-corrected chi connectivity index (χ3v) is 1.88. The Morgan fingerprint density at radius 2 is 1.07 bits per heavy atom. The van der Waals surface area contributed by atoms with Gasteiger partial charge < -0.3 is 4.74 Å². The largest absolute Gasteiger partial charge is 0.320 e. The molecule has 3 nitrogen and oxygen atoms in total. The zero-order valence-electron chi connectivity index (χ0n) is 8.74. The molecular weight excluding hydrogens is 266 g/mol. The Labute approximate surface area is 108 Å². The molecular formula is C8H16Cl2O3V. The Bertz CT molecular complexity index is 122. The van der Waals surface area contributed by atoms with Gasteiger partial charge in [0.15, 0.2) is 12.6 Å². The van der Waals surface area contributed by atoms with Crippen LogP contribution < -0.4 is 0 Å². The molecule has 0 aliphatic carbocycles. The summed E-state index contributed by atoms with van der Waals surface area (Å²) in [6.45, 7) is 7.72. The van der Waals surface area contributed by atoms with Crippen molar-refractivity contribution in [1.29, 1.82) is 0 Å². The summed E-state index contributed by atoms with van der Waals surface area (Å²) in [6, 6.07) is 0. The van der Waals surface area contributed by atoms with Gasteiger partial charge in [0.2, 0.25) is 0 Å². The standard InChI is InChI=1S/C8H16Cl2O3.V/c1-5(2)7(12-9)11-8(13-10)6(3)4;/h5-8H,1-4H3;. The van der Waals surface area contributed by atoms with E-state index in [1.54, 1.807) is 0 Å². The molecule has 14 heavy (non-hydrogen) atoms. The maximum absolute atomic E-state index is 5.36. The molecule has 1 radical (unpaired) electrons. The van der Waals surface area contributed by atoms with Gasteiger partial charge in [0.1, 0.15) is 0 Å². The number of hydrogen-bond acceptors (Lipinski definition) is 3. The molecule has 0 aromatic heterocycles. The molecule has 0 heterocycles. The Morgan fingerprint density at radius 3 is 1.21 bits per heavy atom. The van der Waals surface area contributed by atoms with E-state index in [0.717, 1.165) is 0 Å². The van der Waals surface area contributed by atoms with Gasteiger partial charge in [-0.15, -0.1) is 0 Å². The maximum atomic E-state index is 5.36. The molecule has 0 saturated heterocycles. The van der Waals surface area contributed by atoms with Crippen LogP contribution in [0.15, 0.2) is 0 Å². The molecule has 0 N–H and O–H groups in total. The van der Waals surface area contributed by atoms with E-state index in [2.05, 4.69) is 8.58 Å². The van der Waals surface area contributed by atoms with Gasteiger partial charge in [-0.25, -0.2) is 8.58 Å². The number of halogens is 2. The van der Waals surface area contributed by atoms with Crippen LogP contribution in [0.1, 0.15) is 27.7 Å². The first-order valence-electron chi connectivity index (χ1n) is 4.23. The van der Waals surface area contributed by atoms with Crippen LogP contribution in [0.2, 0.25) is 0 Å². The molecule has 0 amide bonds.